The van der Waals surface area contributed by atoms with Gasteiger partial charge in [0.2, 0.25) is 5.91 Å². The molecule has 1 unspecified atom stereocenters. The van der Waals surface area contributed by atoms with E-state index in [1.165, 1.54) is 17.7 Å². The van der Waals surface area contributed by atoms with E-state index in [1.807, 2.05) is 23.1 Å². The highest BCUT2D eigenvalue weighted by atomic mass is 19.1. The smallest absolute Gasteiger partial charge is 0.287 e. The van der Waals surface area contributed by atoms with Crippen LogP contribution < -0.4 is 10.1 Å². The first-order valence-corrected chi connectivity index (χ1v) is 13.7. The SMILES string of the molecule is Cc1cccc(C2c3cc(OCc4ccc(C(=O)NCc5cccc(F)c5)o4)ccc3CCN2C(=O)C2CC2)c1. The molecule has 0 saturated heterocycles. The van der Waals surface area contributed by atoms with E-state index in [0.717, 1.165) is 36.0 Å². The lowest BCUT2D eigenvalue weighted by Crippen LogP contribution is -2.41. The molecule has 0 radical (unpaired) electrons. The van der Waals surface area contributed by atoms with Crippen LogP contribution in [0.5, 0.6) is 5.75 Å². The number of carbonyl (C=O) groups excluding carboxylic acids is 2. The van der Waals surface area contributed by atoms with Gasteiger partial charge in [-0.3, -0.25) is 9.59 Å². The van der Waals surface area contributed by atoms with E-state index in [9.17, 15) is 14.0 Å². The minimum absolute atomic E-state index is 0.146. The Morgan fingerprint density at radius 2 is 1.88 bits per heavy atom. The van der Waals surface area contributed by atoms with Crippen molar-refractivity contribution < 1.29 is 23.1 Å². The largest absolute Gasteiger partial charge is 0.486 e. The molecule has 1 N–H and O–H groups in total. The highest BCUT2D eigenvalue weighted by Gasteiger charge is 2.39. The Bertz CT molecular complexity index is 1560. The Morgan fingerprint density at radius 1 is 1.02 bits per heavy atom. The number of carbonyl (C=O) groups is 2. The second-order valence-electron chi connectivity index (χ2n) is 10.6. The minimum Gasteiger partial charge on any atom is -0.486 e. The molecule has 4 aromatic rings. The molecular weight excluding hydrogens is 507 g/mol. The van der Waals surface area contributed by atoms with Crippen molar-refractivity contribution in [2.75, 3.05) is 6.54 Å². The van der Waals surface area contributed by atoms with E-state index < -0.39 is 0 Å². The molecule has 1 atom stereocenters. The summed E-state index contributed by atoms with van der Waals surface area (Å²) in [5.41, 5.74) is 5.22. The summed E-state index contributed by atoms with van der Waals surface area (Å²) in [6.07, 6.45) is 2.75. The number of nitrogens with zero attached hydrogens (tertiary/aromatic N) is 1. The third kappa shape index (κ3) is 5.64. The van der Waals surface area contributed by atoms with Crippen molar-refractivity contribution in [3.05, 3.63) is 124 Å². The van der Waals surface area contributed by atoms with Gasteiger partial charge in [-0.25, -0.2) is 4.39 Å². The van der Waals surface area contributed by atoms with Crippen molar-refractivity contribution in [3.63, 3.8) is 0 Å². The van der Waals surface area contributed by atoms with Crippen LogP contribution in [0, 0.1) is 18.7 Å². The zero-order valence-electron chi connectivity index (χ0n) is 22.4. The summed E-state index contributed by atoms with van der Waals surface area (Å²) in [4.78, 5) is 27.8. The zero-order chi connectivity index (χ0) is 27.6. The van der Waals surface area contributed by atoms with Crippen LogP contribution in [0.25, 0.3) is 0 Å². The van der Waals surface area contributed by atoms with E-state index in [1.54, 1.807) is 24.3 Å². The van der Waals surface area contributed by atoms with Gasteiger partial charge < -0.3 is 19.4 Å². The van der Waals surface area contributed by atoms with Crippen molar-refractivity contribution in [3.8, 4) is 5.75 Å². The molecule has 1 aliphatic carbocycles. The van der Waals surface area contributed by atoms with Crippen LogP contribution in [0.15, 0.2) is 83.3 Å². The summed E-state index contributed by atoms with van der Waals surface area (Å²) in [5.74, 6) is 0.994. The number of benzene rings is 3. The number of aryl methyl sites for hydroxylation is 1. The van der Waals surface area contributed by atoms with Crippen LogP contribution in [0.4, 0.5) is 4.39 Å². The number of hydrogen-bond donors (Lipinski definition) is 1. The predicted octanol–water partition coefficient (Wildman–Crippen LogP) is 6.12. The highest BCUT2D eigenvalue weighted by Crippen LogP contribution is 2.41. The topological polar surface area (TPSA) is 71.8 Å². The van der Waals surface area contributed by atoms with Gasteiger partial charge in [0.05, 0.1) is 6.04 Å². The van der Waals surface area contributed by atoms with Gasteiger partial charge in [0.15, 0.2) is 5.76 Å². The van der Waals surface area contributed by atoms with Crippen LogP contribution in [-0.2, 0) is 24.4 Å². The van der Waals surface area contributed by atoms with Gasteiger partial charge in [-0.2, -0.15) is 0 Å². The molecule has 0 spiro atoms. The maximum atomic E-state index is 13.4. The maximum absolute atomic E-state index is 13.4. The Kier molecular flexibility index (Phi) is 7.11. The molecule has 1 aromatic heterocycles. The van der Waals surface area contributed by atoms with E-state index in [4.69, 9.17) is 9.15 Å². The Labute approximate surface area is 232 Å². The Hall–Kier alpha value is -4.39. The second kappa shape index (κ2) is 11.0. The molecule has 1 saturated carbocycles. The molecule has 6 nitrogen and oxygen atoms in total. The van der Waals surface area contributed by atoms with Gasteiger partial charge in [-0.1, -0.05) is 48.0 Å². The summed E-state index contributed by atoms with van der Waals surface area (Å²) < 4.78 is 25.2. The van der Waals surface area contributed by atoms with E-state index in [2.05, 4.69) is 36.5 Å². The molecule has 0 bridgehead atoms. The van der Waals surface area contributed by atoms with Crippen LogP contribution in [-0.4, -0.2) is 23.3 Å². The number of hydrogen-bond acceptors (Lipinski definition) is 4. The summed E-state index contributed by atoms with van der Waals surface area (Å²) >= 11 is 0. The normalized spacial score (nSPS) is 16.4. The van der Waals surface area contributed by atoms with Crippen LogP contribution >= 0.6 is 0 Å². The number of furan rings is 1. The van der Waals surface area contributed by atoms with E-state index in [0.29, 0.717) is 23.6 Å². The molecular formula is C33H31FN2O4. The Balaban J connectivity index is 1.16. The molecule has 2 heterocycles. The third-order valence-electron chi connectivity index (χ3n) is 7.52. The number of rotatable bonds is 8. The van der Waals surface area contributed by atoms with Crippen molar-refractivity contribution in [1.82, 2.24) is 10.2 Å². The molecule has 7 heteroatoms. The quantitative estimate of drug-likeness (QED) is 0.293. The lowest BCUT2D eigenvalue weighted by Gasteiger charge is -2.38. The molecule has 204 valence electrons. The summed E-state index contributed by atoms with van der Waals surface area (Å²) in [6.45, 7) is 3.12. The van der Waals surface area contributed by atoms with Crippen molar-refractivity contribution in [2.45, 2.75) is 45.4 Å². The van der Waals surface area contributed by atoms with E-state index in [-0.39, 0.29) is 48.5 Å². The van der Waals surface area contributed by atoms with Gasteiger partial charge in [0.1, 0.15) is 23.9 Å². The number of halogens is 1. The van der Waals surface area contributed by atoms with Crippen molar-refractivity contribution in [1.29, 1.82) is 0 Å². The second-order valence-corrected chi connectivity index (χ2v) is 10.6. The monoisotopic (exact) mass is 538 g/mol. The number of fused-ring (bicyclic) bond motifs is 1. The van der Waals surface area contributed by atoms with Crippen molar-refractivity contribution in [2.24, 2.45) is 5.92 Å². The minimum atomic E-state index is -0.384. The first kappa shape index (κ1) is 25.9. The lowest BCUT2D eigenvalue weighted by atomic mass is 9.87. The van der Waals surface area contributed by atoms with Crippen LogP contribution in [0.1, 0.15) is 63.0 Å². The lowest BCUT2D eigenvalue weighted by molar-refractivity contribution is -0.134. The average molecular weight is 539 g/mol. The molecule has 6 rings (SSSR count). The summed E-state index contributed by atoms with van der Waals surface area (Å²) in [7, 11) is 0. The van der Waals surface area contributed by atoms with Crippen LogP contribution in [0.2, 0.25) is 0 Å². The standard InChI is InChI=1S/C33H31FN2O4/c1-21-4-2-6-25(16-21)31-29-18-27(11-10-23(29)14-15-36(31)33(38)24-8-9-24)39-20-28-12-13-30(40-28)32(37)35-19-22-5-3-7-26(34)17-22/h2-7,10-13,16-18,24,31H,8-9,14-15,19-20H2,1H3,(H,35,37). The van der Waals surface area contributed by atoms with Gasteiger partial charge in [0.25, 0.3) is 5.91 Å². The molecule has 2 aliphatic rings. The summed E-state index contributed by atoms with van der Waals surface area (Å²) in [5, 5.41) is 2.74. The Morgan fingerprint density at radius 3 is 2.67 bits per heavy atom. The maximum Gasteiger partial charge on any atom is 0.287 e. The zero-order valence-corrected chi connectivity index (χ0v) is 22.4. The number of ether oxygens (including phenoxy) is 1. The molecule has 1 aliphatic heterocycles. The molecule has 1 fully saturated rings. The molecule has 40 heavy (non-hydrogen) atoms. The van der Waals surface area contributed by atoms with E-state index >= 15 is 0 Å². The predicted molar refractivity (Wildman–Crippen MR) is 148 cm³/mol. The fourth-order valence-corrected chi connectivity index (χ4v) is 5.33. The fraction of sp³-hybridized carbons (Fsp3) is 0.273. The van der Waals surface area contributed by atoms with Gasteiger partial charge in [-0.15, -0.1) is 0 Å². The first-order chi connectivity index (χ1) is 19.4. The van der Waals surface area contributed by atoms with Crippen molar-refractivity contribution >= 4 is 11.8 Å². The molecule has 2 amide bonds. The highest BCUT2D eigenvalue weighted by molar-refractivity contribution is 5.91. The first-order valence-electron chi connectivity index (χ1n) is 13.7. The average Bonchev–Trinajstić information content (AvgIpc) is 3.71. The van der Waals surface area contributed by atoms with Gasteiger partial charge in [0, 0.05) is 19.0 Å². The number of amides is 2. The number of nitrogens with one attached hydrogen (secondary N) is 1. The third-order valence-corrected chi connectivity index (χ3v) is 7.52. The van der Waals surface area contributed by atoms with Crippen LogP contribution in [0.3, 0.4) is 0 Å². The van der Waals surface area contributed by atoms with Gasteiger partial charge in [-0.05, 0) is 84.8 Å². The summed E-state index contributed by atoms with van der Waals surface area (Å²) in [6, 6.07) is 23.7. The molecule has 3 aromatic carbocycles. The van der Waals surface area contributed by atoms with Gasteiger partial charge >= 0.3 is 0 Å². The fourth-order valence-electron chi connectivity index (χ4n) is 5.33.